The summed E-state index contributed by atoms with van der Waals surface area (Å²) in [7, 11) is 0. The highest BCUT2D eigenvalue weighted by atomic mass is 15.2. The average molecular weight is 618 g/mol. The van der Waals surface area contributed by atoms with Gasteiger partial charge >= 0.3 is 0 Å². The molecule has 0 N–H and O–H groups in total. The molecule has 0 radical (unpaired) electrons. The van der Waals surface area contributed by atoms with E-state index in [1.54, 1.807) is 0 Å². The number of nitrogens with zero attached hydrogens (tertiary/aromatic N) is 1. The molecule has 1 nitrogen and oxygen atoms in total. The first-order chi connectivity index (χ1) is 23.1. The van der Waals surface area contributed by atoms with Crippen LogP contribution in [0.15, 0.2) is 127 Å². The fourth-order valence-corrected chi connectivity index (χ4v) is 9.50. The monoisotopic (exact) mass is 617 g/mol. The zero-order chi connectivity index (χ0) is 32.7. The lowest BCUT2D eigenvalue weighted by molar-refractivity contribution is 0.567. The first-order valence-corrected chi connectivity index (χ1v) is 17.4. The summed E-state index contributed by atoms with van der Waals surface area (Å²) >= 11 is 0. The molecule has 3 heterocycles. The molecule has 7 aromatic rings. The van der Waals surface area contributed by atoms with Crippen LogP contribution in [-0.4, -0.2) is 0 Å². The molecule has 0 saturated heterocycles. The predicted molar refractivity (Wildman–Crippen MR) is 203 cm³/mol. The van der Waals surface area contributed by atoms with Gasteiger partial charge in [0.05, 0.1) is 17.1 Å². The number of fused-ring (bicyclic) bond motifs is 2. The summed E-state index contributed by atoms with van der Waals surface area (Å²) in [5.74, 6) is 0. The summed E-state index contributed by atoms with van der Waals surface area (Å²) in [6, 6.07) is 48.3. The van der Waals surface area contributed by atoms with Crippen molar-refractivity contribution in [1.82, 2.24) is 0 Å². The van der Waals surface area contributed by atoms with Gasteiger partial charge in [-0.2, -0.15) is 0 Å². The number of hydrogen-bond acceptors (Lipinski definition) is 1. The highest BCUT2D eigenvalue weighted by Gasteiger charge is 2.51. The van der Waals surface area contributed by atoms with E-state index in [9.17, 15) is 0 Å². The van der Waals surface area contributed by atoms with Gasteiger partial charge in [0.25, 0.3) is 0 Å². The molecule has 3 aliphatic heterocycles. The number of anilines is 3. The molecule has 0 amide bonds. The highest BCUT2D eigenvalue weighted by Crippen LogP contribution is 2.66. The third kappa shape index (κ3) is 3.37. The summed E-state index contributed by atoms with van der Waals surface area (Å²) in [6.07, 6.45) is 0. The topological polar surface area (TPSA) is 3.24 Å². The van der Waals surface area contributed by atoms with Crippen LogP contribution in [0.3, 0.4) is 0 Å². The second-order valence-corrected chi connectivity index (χ2v) is 15.8. The maximum atomic E-state index is 2.66. The number of rotatable bonds is 2. The van der Waals surface area contributed by atoms with E-state index in [-0.39, 0.29) is 16.2 Å². The molecule has 0 aliphatic carbocycles. The van der Waals surface area contributed by atoms with Gasteiger partial charge in [-0.25, -0.2) is 0 Å². The van der Waals surface area contributed by atoms with E-state index >= 15 is 0 Å². The molecule has 0 spiro atoms. The normalized spacial score (nSPS) is 17.0. The zero-order valence-corrected chi connectivity index (χ0v) is 28.6. The van der Waals surface area contributed by atoms with Crippen LogP contribution in [-0.2, 0) is 16.2 Å². The number of para-hydroxylation sites is 2. The van der Waals surface area contributed by atoms with Gasteiger partial charge in [-0.3, -0.25) is 0 Å². The SMILES string of the molecule is CC1(C)c2cccc3c2N2c4c1cccc4C(C)(C)c1cc(-c4ccc(-c5ccc6ccccc6c5)c5ccccc45)cc(c12)C3(C)C. The molecule has 1 heteroatoms. The van der Waals surface area contributed by atoms with Gasteiger partial charge in [-0.15, -0.1) is 0 Å². The van der Waals surface area contributed by atoms with Crippen molar-refractivity contribution in [3.8, 4) is 22.3 Å². The van der Waals surface area contributed by atoms with Crippen LogP contribution < -0.4 is 4.90 Å². The molecule has 0 unspecified atom stereocenters. The molecule has 10 rings (SSSR count). The van der Waals surface area contributed by atoms with Crippen LogP contribution in [0.1, 0.15) is 74.9 Å². The zero-order valence-electron chi connectivity index (χ0n) is 28.6. The maximum absolute atomic E-state index is 2.66. The fourth-order valence-electron chi connectivity index (χ4n) is 9.50. The molecule has 0 fully saturated rings. The van der Waals surface area contributed by atoms with E-state index < -0.39 is 0 Å². The molecule has 0 bridgehead atoms. The Morgan fingerprint density at radius 1 is 0.354 bits per heavy atom. The van der Waals surface area contributed by atoms with Gasteiger partial charge < -0.3 is 4.90 Å². The van der Waals surface area contributed by atoms with Crippen molar-refractivity contribution in [3.63, 3.8) is 0 Å². The van der Waals surface area contributed by atoms with E-state index in [0.717, 1.165) is 0 Å². The molecule has 3 aliphatic rings. The fraction of sp³-hybridized carbons (Fsp3) is 0.191. The lowest BCUT2D eigenvalue weighted by Crippen LogP contribution is -2.43. The van der Waals surface area contributed by atoms with Gasteiger partial charge in [-0.05, 0) is 95.4 Å². The third-order valence-electron chi connectivity index (χ3n) is 12.2. The van der Waals surface area contributed by atoms with Crippen molar-refractivity contribution in [3.05, 3.63) is 161 Å². The predicted octanol–water partition coefficient (Wildman–Crippen LogP) is 12.7. The average Bonchev–Trinajstić information content (AvgIpc) is 3.10. The van der Waals surface area contributed by atoms with Crippen LogP contribution in [0, 0.1) is 0 Å². The summed E-state index contributed by atoms with van der Waals surface area (Å²) in [4.78, 5) is 2.66. The Labute approximate surface area is 283 Å². The second-order valence-electron chi connectivity index (χ2n) is 15.8. The summed E-state index contributed by atoms with van der Waals surface area (Å²) in [5, 5.41) is 5.13. The smallest absolute Gasteiger partial charge is 0.0544 e. The minimum atomic E-state index is -0.168. The van der Waals surface area contributed by atoms with Gasteiger partial charge in [0.1, 0.15) is 0 Å². The van der Waals surface area contributed by atoms with E-state index in [4.69, 9.17) is 0 Å². The standard InChI is InChI=1S/C47H39N/c1-45(2)36-17-11-19-38-42(36)48-43-37(45)18-12-20-39(43)47(5,6)41-27-31(26-40(44(41)48)46(38,3)4)33-24-23-32(34-15-9-10-16-35(33)34)30-22-21-28-13-7-8-14-29(28)25-30/h7-27H,1-6H3. The van der Waals surface area contributed by atoms with Crippen molar-refractivity contribution in [2.75, 3.05) is 4.90 Å². The van der Waals surface area contributed by atoms with Crippen molar-refractivity contribution in [1.29, 1.82) is 0 Å². The van der Waals surface area contributed by atoms with Crippen LogP contribution in [0.5, 0.6) is 0 Å². The number of hydrogen-bond donors (Lipinski definition) is 0. The van der Waals surface area contributed by atoms with Crippen LogP contribution in [0.25, 0.3) is 43.8 Å². The Kier molecular flexibility index (Phi) is 5.27. The minimum Gasteiger partial charge on any atom is -0.309 e. The van der Waals surface area contributed by atoms with Crippen LogP contribution in [0.4, 0.5) is 17.1 Å². The Morgan fingerprint density at radius 2 is 0.792 bits per heavy atom. The van der Waals surface area contributed by atoms with Crippen LogP contribution in [0.2, 0.25) is 0 Å². The Hall–Kier alpha value is -5.14. The third-order valence-corrected chi connectivity index (χ3v) is 12.2. The molecule has 7 aromatic carbocycles. The molecule has 0 saturated carbocycles. The summed E-state index contributed by atoms with van der Waals surface area (Å²) < 4.78 is 0. The van der Waals surface area contributed by atoms with E-state index in [2.05, 4.69) is 174 Å². The minimum absolute atomic E-state index is 0.0833. The largest absolute Gasteiger partial charge is 0.309 e. The van der Waals surface area contributed by atoms with Crippen molar-refractivity contribution >= 4 is 38.6 Å². The maximum Gasteiger partial charge on any atom is 0.0544 e. The van der Waals surface area contributed by atoms with E-state index in [1.165, 1.54) is 94.2 Å². The quantitative estimate of drug-likeness (QED) is 0.187. The lowest BCUT2D eigenvalue weighted by Gasteiger charge is -2.55. The van der Waals surface area contributed by atoms with Crippen molar-refractivity contribution in [2.45, 2.75) is 57.8 Å². The van der Waals surface area contributed by atoms with Gasteiger partial charge in [-0.1, -0.05) is 151 Å². The van der Waals surface area contributed by atoms with Crippen molar-refractivity contribution < 1.29 is 0 Å². The molecule has 0 atom stereocenters. The van der Waals surface area contributed by atoms with Crippen LogP contribution >= 0.6 is 0 Å². The van der Waals surface area contributed by atoms with Gasteiger partial charge in [0, 0.05) is 16.2 Å². The van der Waals surface area contributed by atoms with Gasteiger partial charge in [0.15, 0.2) is 0 Å². The Morgan fingerprint density at radius 3 is 1.33 bits per heavy atom. The molecule has 232 valence electrons. The first kappa shape index (κ1) is 27.9. The van der Waals surface area contributed by atoms with Crippen molar-refractivity contribution in [2.24, 2.45) is 0 Å². The van der Waals surface area contributed by atoms with E-state index in [0.29, 0.717) is 0 Å². The second kappa shape index (κ2) is 9.05. The van der Waals surface area contributed by atoms with E-state index in [1.807, 2.05) is 0 Å². The summed E-state index contributed by atoms with van der Waals surface area (Å²) in [5.41, 5.74) is 17.4. The molecular formula is C47H39N. The Bertz CT molecular complexity index is 2450. The first-order valence-electron chi connectivity index (χ1n) is 17.4. The molecule has 48 heavy (non-hydrogen) atoms. The molecule has 0 aromatic heterocycles. The highest BCUT2D eigenvalue weighted by molar-refractivity contribution is 6.07. The number of benzene rings is 7. The molecular weight excluding hydrogens is 579 g/mol. The summed E-state index contributed by atoms with van der Waals surface area (Å²) in [6.45, 7) is 14.6. The lowest BCUT2D eigenvalue weighted by atomic mass is 9.60. The Balaban J connectivity index is 1.26. The van der Waals surface area contributed by atoms with Gasteiger partial charge in [0.2, 0.25) is 0 Å².